The van der Waals surface area contributed by atoms with Gasteiger partial charge in [-0.05, 0) is 68.6 Å². The quantitative estimate of drug-likeness (QED) is 0.773. The molecule has 1 unspecified atom stereocenters. The number of ether oxygens (including phenoxy) is 1. The number of hydrogen-bond donors (Lipinski definition) is 2. The number of nitrogens with zero attached hydrogens (tertiary/aromatic N) is 1. The smallest absolute Gasteiger partial charge is 0.420 e. The lowest BCUT2D eigenvalue weighted by Gasteiger charge is -2.23. The second-order valence-electron chi connectivity index (χ2n) is 7.41. The molecule has 0 spiro atoms. The van der Waals surface area contributed by atoms with Crippen molar-refractivity contribution < 1.29 is 22.7 Å². The summed E-state index contributed by atoms with van der Waals surface area (Å²) in [6.07, 6.45) is -0.980. The number of aromatic nitrogens is 1. The first kappa shape index (κ1) is 21.9. The molecule has 1 aliphatic rings. The number of alkyl halides is 3. The van der Waals surface area contributed by atoms with Crippen LogP contribution in [0.1, 0.15) is 34.3 Å². The van der Waals surface area contributed by atoms with E-state index in [1.165, 1.54) is 10.6 Å². The van der Waals surface area contributed by atoms with Gasteiger partial charge in [0.05, 0.1) is 12.7 Å². The van der Waals surface area contributed by atoms with Crippen molar-refractivity contribution in [2.24, 2.45) is 5.92 Å². The Hall–Kier alpha value is -2.81. The van der Waals surface area contributed by atoms with Crippen molar-refractivity contribution >= 4 is 11.6 Å². The molecule has 2 aromatic rings. The average Bonchev–Trinajstić information content (AvgIpc) is 2.70. The molecule has 0 saturated carbocycles. The molecule has 30 heavy (non-hydrogen) atoms. The summed E-state index contributed by atoms with van der Waals surface area (Å²) >= 11 is 0. The molecule has 2 heterocycles. The number of piperidine rings is 1. The van der Waals surface area contributed by atoms with Crippen molar-refractivity contribution in [3.05, 3.63) is 57.5 Å². The van der Waals surface area contributed by atoms with E-state index in [9.17, 15) is 22.8 Å². The Morgan fingerprint density at radius 3 is 2.73 bits per heavy atom. The lowest BCUT2D eigenvalue weighted by molar-refractivity contribution is -0.138. The number of methoxy groups -OCH3 is 1. The number of carbonyl (C=O) groups is 1. The molecular formula is C21H24F3N3O3. The molecule has 2 N–H and O–H groups in total. The molecule has 1 atom stereocenters. The van der Waals surface area contributed by atoms with E-state index in [1.54, 1.807) is 19.2 Å². The molecule has 3 rings (SSSR count). The van der Waals surface area contributed by atoms with Gasteiger partial charge in [-0.15, -0.1) is 0 Å². The van der Waals surface area contributed by atoms with Gasteiger partial charge in [0.25, 0.3) is 11.5 Å². The van der Waals surface area contributed by atoms with Gasteiger partial charge in [-0.25, -0.2) is 0 Å². The summed E-state index contributed by atoms with van der Waals surface area (Å²) in [5, 5.41) is 5.70. The minimum absolute atomic E-state index is 0.0705. The Morgan fingerprint density at radius 2 is 2.10 bits per heavy atom. The van der Waals surface area contributed by atoms with Crippen molar-refractivity contribution in [1.82, 2.24) is 9.88 Å². The molecular weight excluding hydrogens is 399 g/mol. The lowest BCUT2D eigenvalue weighted by atomic mass is 9.99. The SMILES string of the molecule is COc1ccc(NC(=O)c2c(C)ccn(CC3CCCNC3)c2=O)cc1C(F)(F)F. The topological polar surface area (TPSA) is 72.4 Å². The molecule has 1 aliphatic heterocycles. The highest BCUT2D eigenvalue weighted by Gasteiger charge is 2.34. The summed E-state index contributed by atoms with van der Waals surface area (Å²) in [6.45, 7) is 3.85. The number of benzene rings is 1. The van der Waals surface area contributed by atoms with E-state index in [2.05, 4.69) is 10.6 Å². The number of hydrogen-bond acceptors (Lipinski definition) is 4. The van der Waals surface area contributed by atoms with E-state index in [1.807, 2.05) is 0 Å². The Balaban J connectivity index is 1.86. The summed E-state index contributed by atoms with van der Waals surface area (Å²) < 4.78 is 45.9. The summed E-state index contributed by atoms with van der Waals surface area (Å²) in [6, 6.07) is 4.89. The second-order valence-corrected chi connectivity index (χ2v) is 7.41. The first-order chi connectivity index (χ1) is 14.2. The predicted octanol–water partition coefficient (Wildman–Crippen LogP) is 3.44. The summed E-state index contributed by atoms with van der Waals surface area (Å²) in [7, 11) is 1.14. The zero-order chi connectivity index (χ0) is 21.9. The number of rotatable bonds is 5. The minimum Gasteiger partial charge on any atom is -0.496 e. The van der Waals surface area contributed by atoms with E-state index in [4.69, 9.17) is 4.74 Å². The summed E-state index contributed by atoms with van der Waals surface area (Å²) in [4.78, 5) is 25.7. The highest BCUT2D eigenvalue weighted by atomic mass is 19.4. The van der Waals surface area contributed by atoms with Crippen LogP contribution in [0.25, 0.3) is 0 Å². The predicted molar refractivity (Wildman–Crippen MR) is 107 cm³/mol. The van der Waals surface area contributed by atoms with Crippen LogP contribution in [0.4, 0.5) is 18.9 Å². The van der Waals surface area contributed by atoms with Crippen LogP contribution >= 0.6 is 0 Å². The van der Waals surface area contributed by atoms with Crippen molar-refractivity contribution in [1.29, 1.82) is 0 Å². The van der Waals surface area contributed by atoms with Gasteiger partial charge in [-0.3, -0.25) is 9.59 Å². The largest absolute Gasteiger partial charge is 0.496 e. The van der Waals surface area contributed by atoms with Crippen LogP contribution in [0.5, 0.6) is 5.75 Å². The van der Waals surface area contributed by atoms with Gasteiger partial charge in [0.15, 0.2) is 0 Å². The Labute approximate surface area is 172 Å². The number of pyridine rings is 1. The molecule has 9 heteroatoms. The highest BCUT2D eigenvalue weighted by molar-refractivity contribution is 6.05. The number of aryl methyl sites for hydroxylation is 1. The van der Waals surface area contributed by atoms with Gasteiger partial charge >= 0.3 is 6.18 Å². The zero-order valence-electron chi connectivity index (χ0n) is 16.8. The maximum absolute atomic E-state index is 13.2. The highest BCUT2D eigenvalue weighted by Crippen LogP contribution is 2.37. The first-order valence-corrected chi connectivity index (χ1v) is 9.68. The van der Waals surface area contributed by atoms with Crippen LogP contribution in [-0.4, -0.2) is 30.7 Å². The zero-order valence-corrected chi connectivity index (χ0v) is 16.8. The number of halogens is 3. The van der Waals surface area contributed by atoms with Crippen LogP contribution in [0.15, 0.2) is 35.3 Å². The second kappa shape index (κ2) is 8.91. The molecule has 0 radical (unpaired) electrons. The van der Waals surface area contributed by atoms with Crippen LogP contribution in [0.2, 0.25) is 0 Å². The molecule has 1 aromatic carbocycles. The minimum atomic E-state index is -4.64. The van der Waals surface area contributed by atoms with Crippen LogP contribution < -0.4 is 20.9 Å². The van der Waals surface area contributed by atoms with Crippen LogP contribution in [-0.2, 0) is 12.7 Å². The lowest BCUT2D eigenvalue weighted by Crippen LogP contribution is -2.36. The molecule has 6 nitrogen and oxygen atoms in total. The molecule has 1 amide bonds. The molecule has 1 fully saturated rings. The van der Waals surface area contributed by atoms with Crippen molar-refractivity contribution in [2.45, 2.75) is 32.5 Å². The van der Waals surface area contributed by atoms with E-state index in [0.29, 0.717) is 12.1 Å². The number of amides is 1. The maximum atomic E-state index is 13.2. The van der Waals surface area contributed by atoms with E-state index < -0.39 is 23.2 Å². The fourth-order valence-electron chi connectivity index (χ4n) is 3.64. The van der Waals surface area contributed by atoms with Gasteiger partial charge < -0.3 is 19.9 Å². The maximum Gasteiger partial charge on any atom is 0.420 e. The third kappa shape index (κ3) is 4.84. The molecule has 1 aromatic heterocycles. The summed E-state index contributed by atoms with van der Waals surface area (Å²) in [5.74, 6) is -0.808. The number of carbonyl (C=O) groups excluding carboxylic acids is 1. The van der Waals surface area contributed by atoms with E-state index >= 15 is 0 Å². The Kier molecular flexibility index (Phi) is 6.50. The van der Waals surface area contributed by atoms with Gasteiger partial charge in [-0.1, -0.05) is 0 Å². The fraction of sp³-hybridized carbons (Fsp3) is 0.429. The van der Waals surface area contributed by atoms with Gasteiger partial charge in [-0.2, -0.15) is 13.2 Å². The van der Waals surface area contributed by atoms with E-state index in [0.717, 1.165) is 45.2 Å². The molecule has 162 valence electrons. The third-order valence-electron chi connectivity index (χ3n) is 5.22. The fourth-order valence-corrected chi connectivity index (χ4v) is 3.64. The van der Waals surface area contributed by atoms with Crippen LogP contribution in [0, 0.1) is 12.8 Å². The van der Waals surface area contributed by atoms with Gasteiger partial charge in [0.1, 0.15) is 11.3 Å². The van der Waals surface area contributed by atoms with E-state index in [-0.39, 0.29) is 22.9 Å². The Morgan fingerprint density at radius 1 is 1.33 bits per heavy atom. The average molecular weight is 423 g/mol. The third-order valence-corrected chi connectivity index (χ3v) is 5.22. The first-order valence-electron chi connectivity index (χ1n) is 9.68. The standard InChI is InChI=1S/C21H24F3N3O3/c1-13-7-9-27(12-14-4-3-8-25-11-14)20(29)18(13)19(28)26-15-5-6-17(30-2)16(10-15)21(22,23)24/h5-7,9-10,14,25H,3-4,8,11-12H2,1-2H3,(H,26,28). The molecule has 0 aliphatic carbocycles. The van der Waals surface area contributed by atoms with Crippen molar-refractivity contribution in [3.63, 3.8) is 0 Å². The Bertz CT molecular complexity index is 980. The van der Waals surface area contributed by atoms with Crippen LogP contribution in [0.3, 0.4) is 0 Å². The number of anilines is 1. The summed E-state index contributed by atoms with van der Waals surface area (Å²) in [5.41, 5.74) is -1.15. The van der Waals surface area contributed by atoms with Gasteiger partial charge in [0.2, 0.25) is 0 Å². The molecule has 1 saturated heterocycles. The van der Waals surface area contributed by atoms with Gasteiger partial charge in [0, 0.05) is 18.4 Å². The van der Waals surface area contributed by atoms with Crippen molar-refractivity contribution in [2.75, 3.05) is 25.5 Å². The monoisotopic (exact) mass is 423 g/mol. The van der Waals surface area contributed by atoms with Crippen molar-refractivity contribution in [3.8, 4) is 5.75 Å². The molecule has 0 bridgehead atoms. The number of nitrogens with one attached hydrogen (secondary N) is 2. The normalized spacial score (nSPS) is 16.9.